The lowest BCUT2D eigenvalue weighted by Gasteiger charge is -2.22. The van der Waals surface area contributed by atoms with Crippen LogP contribution in [-0.2, 0) is 11.2 Å². The predicted molar refractivity (Wildman–Crippen MR) is 142 cm³/mol. The molecule has 10 heteroatoms. The van der Waals surface area contributed by atoms with Gasteiger partial charge in [-0.3, -0.25) is 4.79 Å². The van der Waals surface area contributed by atoms with Crippen molar-refractivity contribution in [1.29, 1.82) is 0 Å². The van der Waals surface area contributed by atoms with E-state index in [1.54, 1.807) is 18.2 Å². The third kappa shape index (κ3) is 5.13. The van der Waals surface area contributed by atoms with Crippen LogP contribution >= 0.6 is 46.4 Å². The van der Waals surface area contributed by atoms with Gasteiger partial charge in [-0.05, 0) is 54.5 Å². The summed E-state index contributed by atoms with van der Waals surface area (Å²) in [5.41, 5.74) is 2.66. The van der Waals surface area contributed by atoms with Crippen molar-refractivity contribution >= 4 is 58.3 Å². The molecular weight excluding hydrogens is 563 g/mol. The number of carboxylic acids is 1. The average molecular weight is 583 g/mol. The van der Waals surface area contributed by atoms with E-state index in [9.17, 15) is 19.1 Å². The van der Waals surface area contributed by atoms with Crippen molar-refractivity contribution in [3.63, 3.8) is 0 Å². The fourth-order valence-electron chi connectivity index (χ4n) is 4.97. The van der Waals surface area contributed by atoms with Gasteiger partial charge in [0.1, 0.15) is 17.6 Å². The number of hydrogen-bond donors (Lipinski definition) is 2. The number of amides is 1. The van der Waals surface area contributed by atoms with Crippen LogP contribution in [0.3, 0.4) is 0 Å². The van der Waals surface area contributed by atoms with Crippen molar-refractivity contribution in [3.05, 3.63) is 85.1 Å². The van der Waals surface area contributed by atoms with Crippen molar-refractivity contribution in [1.82, 2.24) is 5.32 Å². The average Bonchev–Trinajstić information content (AvgIpc) is 3.59. The molecule has 1 aliphatic heterocycles. The van der Waals surface area contributed by atoms with Gasteiger partial charge in [-0.25, -0.2) is 9.18 Å². The Bertz CT molecular complexity index is 1390. The SMILES string of the molecule is O=C(N[C@@H](Cc1ccc(-c2c(Cl)cc(F)cc2Cl)c2c1[C@H]1C[C@H]1CCO2)C(=O)O)c1c(Cl)cccc1Cl. The first-order valence-corrected chi connectivity index (χ1v) is 13.1. The minimum Gasteiger partial charge on any atom is -0.493 e. The van der Waals surface area contributed by atoms with E-state index in [0.717, 1.165) is 24.0 Å². The second-order valence-corrected chi connectivity index (χ2v) is 10.8. The summed E-state index contributed by atoms with van der Waals surface area (Å²) < 4.78 is 20.0. The molecule has 0 bridgehead atoms. The molecule has 2 N–H and O–H groups in total. The van der Waals surface area contributed by atoms with Crippen LogP contribution in [0.2, 0.25) is 20.1 Å². The van der Waals surface area contributed by atoms with Crippen LogP contribution < -0.4 is 10.1 Å². The summed E-state index contributed by atoms with van der Waals surface area (Å²) in [6, 6.07) is 9.27. The number of rotatable bonds is 6. The molecule has 1 aliphatic carbocycles. The maximum Gasteiger partial charge on any atom is 0.326 e. The molecule has 1 fully saturated rings. The zero-order chi connectivity index (χ0) is 26.4. The molecule has 0 radical (unpaired) electrons. The molecule has 3 atom stereocenters. The first-order valence-electron chi connectivity index (χ1n) is 11.6. The summed E-state index contributed by atoms with van der Waals surface area (Å²) in [6.45, 7) is 0.477. The highest BCUT2D eigenvalue weighted by Gasteiger charge is 2.44. The van der Waals surface area contributed by atoms with Crippen LogP contribution in [0.5, 0.6) is 5.75 Å². The Labute approximate surface area is 232 Å². The van der Waals surface area contributed by atoms with Gasteiger partial charge in [-0.1, -0.05) is 64.6 Å². The number of ether oxygens (including phenoxy) is 1. The number of carbonyl (C=O) groups excluding carboxylic acids is 1. The van der Waals surface area contributed by atoms with E-state index >= 15 is 0 Å². The van der Waals surface area contributed by atoms with E-state index < -0.39 is 23.7 Å². The molecular formula is C27H20Cl4FNO4. The van der Waals surface area contributed by atoms with Gasteiger partial charge in [0.15, 0.2) is 0 Å². The van der Waals surface area contributed by atoms with Crippen LogP contribution in [0, 0.1) is 11.7 Å². The molecule has 1 saturated carbocycles. The molecule has 0 unspecified atom stereocenters. The molecule has 192 valence electrons. The number of aliphatic carboxylic acids is 1. The van der Waals surface area contributed by atoms with Crippen molar-refractivity contribution in [2.45, 2.75) is 31.2 Å². The quantitative estimate of drug-likeness (QED) is 0.317. The van der Waals surface area contributed by atoms with E-state index in [1.807, 2.05) is 0 Å². The zero-order valence-electron chi connectivity index (χ0n) is 19.2. The normalized spacial score (nSPS) is 18.6. The van der Waals surface area contributed by atoms with Gasteiger partial charge in [-0.15, -0.1) is 0 Å². The molecule has 5 nitrogen and oxygen atoms in total. The van der Waals surface area contributed by atoms with E-state index in [1.165, 1.54) is 24.3 Å². The van der Waals surface area contributed by atoms with E-state index in [2.05, 4.69) is 5.32 Å². The Morgan fingerprint density at radius 3 is 2.38 bits per heavy atom. The topological polar surface area (TPSA) is 75.6 Å². The molecule has 2 aliphatic rings. The summed E-state index contributed by atoms with van der Waals surface area (Å²) in [6.07, 6.45) is 1.80. The number of nitrogens with one attached hydrogen (secondary N) is 1. The van der Waals surface area contributed by atoms with Crippen LogP contribution in [-0.4, -0.2) is 29.6 Å². The highest BCUT2D eigenvalue weighted by molar-refractivity contribution is 6.40. The van der Waals surface area contributed by atoms with Gasteiger partial charge in [-0.2, -0.15) is 0 Å². The highest BCUT2D eigenvalue weighted by Crippen LogP contribution is 2.57. The monoisotopic (exact) mass is 581 g/mol. The first kappa shape index (κ1) is 26.1. The first-order chi connectivity index (χ1) is 17.7. The molecule has 0 saturated heterocycles. The minimum atomic E-state index is -1.26. The van der Waals surface area contributed by atoms with Gasteiger partial charge >= 0.3 is 5.97 Å². The largest absolute Gasteiger partial charge is 0.493 e. The Kier molecular flexibility index (Phi) is 7.29. The molecule has 0 spiro atoms. The Balaban J connectivity index is 1.54. The van der Waals surface area contributed by atoms with Crippen molar-refractivity contribution < 1.29 is 23.8 Å². The number of hydrogen-bond acceptors (Lipinski definition) is 3. The Morgan fingerprint density at radius 2 is 1.73 bits per heavy atom. The van der Waals surface area contributed by atoms with Gasteiger partial charge < -0.3 is 15.2 Å². The maximum atomic E-state index is 13.9. The molecule has 3 aromatic carbocycles. The molecule has 1 amide bonds. The van der Waals surface area contributed by atoms with E-state index in [-0.39, 0.29) is 38.0 Å². The molecule has 37 heavy (non-hydrogen) atoms. The summed E-state index contributed by atoms with van der Waals surface area (Å²) >= 11 is 25.0. The second-order valence-electron chi connectivity index (χ2n) is 9.16. The number of carboxylic acid groups (broad SMARTS) is 1. The van der Waals surface area contributed by atoms with Gasteiger partial charge in [0.25, 0.3) is 5.91 Å². The summed E-state index contributed by atoms with van der Waals surface area (Å²) in [4.78, 5) is 25.1. The minimum absolute atomic E-state index is 0.00319. The van der Waals surface area contributed by atoms with E-state index in [0.29, 0.717) is 29.4 Å². The third-order valence-electron chi connectivity index (χ3n) is 6.81. The van der Waals surface area contributed by atoms with Crippen molar-refractivity contribution in [3.8, 4) is 16.9 Å². The van der Waals surface area contributed by atoms with Crippen LogP contribution in [0.15, 0.2) is 42.5 Å². The summed E-state index contributed by atoms with van der Waals surface area (Å²) in [5, 5.41) is 13.0. The van der Waals surface area contributed by atoms with Gasteiger partial charge in [0.05, 0.1) is 32.3 Å². The summed E-state index contributed by atoms with van der Waals surface area (Å²) in [5.74, 6) is -1.30. The molecule has 0 aromatic heterocycles. The standard InChI is InChI=1S/C27H20Cl4FNO4/c28-17-2-1-3-18(29)24(17)26(34)33-21(27(35)36)9-13-4-5-15(23-19(30)10-14(32)11-20(23)31)25-22(13)16-8-12(16)6-7-37-25/h1-5,10-12,16,21H,6-9H2,(H,33,34)(H,35,36)/t12-,16+,21+/m1/s1. The van der Waals surface area contributed by atoms with Gasteiger partial charge in [0, 0.05) is 23.1 Å². The fraction of sp³-hybridized carbons (Fsp3) is 0.259. The van der Waals surface area contributed by atoms with Gasteiger partial charge in [0.2, 0.25) is 0 Å². The second kappa shape index (κ2) is 10.3. The zero-order valence-corrected chi connectivity index (χ0v) is 22.2. The maximum absolute atomic E-state index is 13.9. The third-order valence-corrected chi connectivity index (χ3v) is 8.03. The van der Waals surface area contributed by atoms with Crippen LogP contribution in [0.4, 0.5) is 4.39 Å². The Hall–Kier alpha value is -2.51. The predicted octanol–water partition coefficient (Wildman–Crippen LogP) is 7.42. The fourth-order valence-corrected chi connectivity index (χ4v) is 6.21. The van der Waals surface area contributed by atoms with Crippen molar-refractivity contribution in [2.75, 3.05) is 6.61 Å². The molecule has 3 aromatic rings. The lowest BCUT2D eigenvalue weighted by Crippen LogP contribution is -2.42. The highest BCUT2D eigenvalue weighted by atomic mass is 35.5. The van der Waals surface area contributed by atoms with Crippen LogP contribution in [0.1, 0.15) is 40.2 Å². The lowest BCUT2D eigenvalue weighted by atomic mass is 9.90. The number of carbonyl (C=O) groups is 2. The molecule has 1 heterocycles. The van der Waals surface area contributed by atoms with Crippen molar-refractivity contribution in [2.24, 2.45) is 5.92 Å². The smallest absolute Gasteiger partial charge is 0.326 e. The lowest BCUT2D eigenvalue weighted by molar-refractivity contribution is -0.139. The number of benzene rings is 3. The Morgan fingerprint density at radius 1 is 1.05 bits per heavy atom. The number of fused-ring (bicyclic) bond motifs is 3. The number of halogens is 5. The summed E-state index contributed by atoms with van der Waals surface area (Å²) in [7, 11) is 0. The van der Waals surface area contributed by atoms with E-state index in [4.69, 9.17) is 51.1 Å². The van der Waals surface area contributed by atoms with Crippen LogP contribution in [0.25, 0.3) is 11.1 Å². The molecule has 5 rings (SSSR count).